The second kappa shape index (κ2) is 9.72. The van der Waals surface area contributed by atoms with E-state index in [9.17, 15) is 22.8 Å². The maximum Gasteiger partial charge on any atom is 0.416 e. The van der Waals surface area contributed by atoms with E-state index in [0.29, 0.717) is 37.4 Å². The summed E-state index contributed by atoms with van der Waals surface area (Å²) in [6.45, 7) is 0.640. The minimum atomic E-state index is -4.44. The molecule has 9 heteroatoms. The second-order valence-electron chi connectivity index (χ2n) is 7.15. The van der Waals surface area contributed by atoms with E-state index in [1.54, 1.807) is 29.2 Å². The normalized spacial score (nSPS) is 14.8. The van der Waals surface area contributed by atoms with Crippen molar-refractivity contribution in [2.75, 3.05) is 26.8 Å². The standard InChI is InChI=1S/C22H23F3N2O4/c1-30-18-4-2-3-5-19(18)31-14-20(28)26-17-10-12-27(13-11-17)21(29)15-6-8-16(9-7-15)22(23,24)25/h2-9,17H,10-14H2,1H3,(H,26,28). The maximum absolute atomic E-state index is 12.7. The summed E-state index contributed by atoms with van der Waals surface area (Å²) in [5, 5.41) is 2.88. The Hall–Kier alpha value is -3.23. The van der Waals surface area contributed by atoms with Crippen molar-refractivity contribution in [3.63, 3.8) is 0 Å². The Morgan fingerprint density at radius 1 is 1.03 bits per heavy atom. The Labute approximate surface area is 177 Å². The molecule has 0 spiro atoms. The largest absolute Gasteiger partial charge is 0.493 e. The lowest BCUT2D eigenvalue weighted by molar-refractivity contribution is -0.137. The van der Waals surface area contributed by atoms with Crippen LogP contribution in [0.5, 0.6) is 11.5 Å². The van der Waals surface area contributed by atoms with Gasteiger partial charge in [0, 0.05) is 24.7 Å². The minimum Gasteiger partial charge on any atom is -0.493 e. The van der Waals surface area contributed by atoms with E-state index in [0.717, 1.165) is 12.1 Å². The Morgan fingerprint density at radius 2 is 1.65 bits per heavy atom. The number of amides is 2. The quantitative estimate of drug-likeness (QED) is 0.753. The number of para-hydroxylation sites is 2. The van der Waals surface area contributed by atoms with Gasteiger partial charge < -0.3 is 19.7 Å². The molecule has 2 amide bonds. The Morgan fingerprint density at radius 3 is 2.23 bits per heavy atom. The van der Waals surface area contributed by atoms with Crippen molar-refractivity contribution >= 4 is 11.8 Å². The lowest BCUT2D eigenvalue weighted by Gasteiger charge is -2.32. The number of carbonyl (C=O) groups is 2. The Balaban J connectivity index is 1.45. The minimum absolute atomic E-state index is 0.106. The molecule has 0 atom stereocenters. The van der Waals surface area contributed by atoms with Gasteiger partial charge in [-0.1, -0.05) is 12.1 Å². The molecule has 0 aliphatic carbocycles. The van der Waals surface area contributed by atoms with Gasteiger partial charge in [0.05, 0.1) is 12.7 Å². The number of nitrogens with zero attached hydrogens (tertiary/aromatic N) is 1. The fraction of sp³-hybridized carbons (Fsp3) is 0.364. The predicted octanol–water partition coefficient (Wildman–Crippen LogP) is 3.51. The number of halogens is 3. The molecule has 0 saturated carbocycles. The van der Waals surface area contributed by atoms with Crippen LogP contribution in [0.1, 0.15) is 28.8 Å². The summed E-state index contributed by atoms with van der Waals surface area (Å²) in [6, 6.07) is 11.1. The van der Waals surface area contributed by atoms with Gasteiger partial charge in [0.2, 0.25) is 0 Å². The second-order valence-corrected chi connectivity index (χ2v) is 7.15. The van der Waals surface area contributed by atoms with Crippen molar-refractivity contribution in [1.82, 2.24) is 10.2 Å². The van der Waals surface area contributed by atoms with E-state index in [1.807, 2.05) is 0 Å². The fourth-order valence-electron chi connectivity index (χ4n) is 3.36. The van der Waals surface area contributed by atoms with Crippen LogP contribution in [-0.4, -0.2) is 49.6 Å². The molecule has 0 bridgehead atoms. The number of nitrogens with one attached hydrogen (secondary N) is 1. The Bertz CT molecular complexity index is 908. The highest BCUT2D eigenvalue weighted by Crippen LogP contribution is 2.29. The zero-order valence-electron chi connectivity index (χ0n) is 16.9. The van der Waals surface area contributed by atoms with Crippen LogP contribution in [0, 0.1) is 0 Å². The van der Waals surface area contributed by atoms with Crippen LogP contribution in [0.4, 0.5) is 13.2 Å². The van der Waals surface area contributed by atoms with Crippen LogP contribution in [-0.2, 0) is 11.0 Å². The average molecular weight is 436 g/mol. The van der Waals surface area contributed by atoms with Crippen LogP contribution in [0.2, 0.25) is 0 Å². The van der Waals surface area contributed by atoms with Gasteiger partial charge in [0.15, 0.2) is 18.1 Å². The summed E-state index contributed by atoms with van der Waals surface area (Å²) in [4.78, 5) is 26.3. The smallest absolute Gasteiger partial charge is 0.416 e. The Kier molecular flexibility index (Phi) is 7.04. The summed E-state index contributed by atoms with van der Waals surface area (Å²) in [5.74, 6) is 0.402. The van der Waals surface area contributed by atoms with E-state index in [2.05, 4.69) is 5.32 Å². The van der Waals surface area contributed by atoms with Gasteiger partial charge in [0.1, 0.15) is 0 Å². The monoisotopic (exact) mass is 436 g/mol. The molecular weight excluding hydrogens is 413 g/mol. The summed E-state index contributed by atoms with van der Waals surface area (Å²) in [7, 11) is 1.52. The molecule has 1 aliphatic rings. The van der Waals surface area contributed by atoms with Gasteiger partial charge in [0.25, 0.3) is 11.8 Å². The molecule has 1 heterocycles. The summed E-state index contributed by atoms with van der Waals surface area (Å²) in [5.41, 5.74) is -0.582. The number of methoxy groups -OCH3 is 1. The number of hydrogen-bond acceptors (Lipinski definition) is 4. The molecule has 1 fully saturated rings. The molecule has 0 radical (unpaired) electrons. The highest BCUT2D eigenvalue weighted by molar-refractivity contribution is 5.94. The summed E-state index contributed by atoms with van der Waals surface area (Å²) < 4.78 is 48.7. The topological polar surface area (TPSA) is 67.9 Å². The van der Waals surface area contributed by atoms with Crippen molar-refractivity contribution in [2.45, 2.75) is 25.1 Å². The first-order valence-electron chi connectivity index (χ1n) is 9.79. The van der Waals surface area contributed by atoms with Crippen LogP contribution in [0.15, 0.2) is 48.5 Å². The zero-order valence-corrected chi connectivity index (χ0v) is 16.9. The van der Waals surface area contributed by atoms with Crippen molar-refractivity contribution in [1.29, 1.82) is 0 Å². The molecule has 2 aromatic rings. The van der Waals surface area contributed by atoms with Gasteiger partial charge in [-0.3, -0.25) is 9.59 Å². The number of likely N-dealkylation sites (tertiary alicyclic amines) is 1. The van der Waals surface area contributed by atoms with Gasteiger partial charge in [-0.25, -0.2) is 0 Å². The number of ether oxygens (including phenoxy) is 2. The maximum atomic E-state index is 12.7. The number of benzene rings is 2. The lowest BCUT2D eigenvalue weighted by atomic mass is 10.0. The number of piperidine rings is 1. The molecular formula is C22H23F3N2O4. The first-order chi connectivity index (χ1) is 14.8. The summed E-state index contributed by atoms with van der Waals surface area (Å²) >= 11 is 0. The van der Waals surface area contributed by atoms with Crippen molar-refractivity contribution in [3.05, 3.63) is 59.7 Å². The molecule has 3 rings (SSSR count). The molecule has 1 saturated heterocycles. The zero-order chi connectivity index (χ0) is 22.4. The number of rotatable bonds is 6. The molecule has 1 N–H and O–H groups in total. The van der Waals surface area contributed by atoms with Crippen molar-refractivity contribution < 1.29 is 32.2 Å². The highest BCUT2D eigenvalue weighted by Gasteiger charge is 2.31. The van der Waals surface area contributed by atoms with Gasteiger partial charge >= 0.3 is 6.18 Å². The third kappa shape index (κ3) is 5.90. The third-order valence-electron chi connectivity index (χ3n) is 5.03. The highest BCUT2D eigenvalue weighted by atomic mass is 19.4. The van der Waals surface area contributed by atoms with Crippen LogP contribution in [0.25, 0.3) is 0 Å². The predicted molar refractivity (Wildman–Crippen MR) is 107 cm³/mol. The molecule has 1 aliphatic heterocycles. The molecule has 0 unspecified atom stereocenters. The number of carbonyl (C=O) groups excluding carboxylic acids is 2. The van der Waals surface area contributed by atoms with E-state index in [1.165, 1.54) is 19.2 Å². The number of alkyl halides is 3. The molecule has 166 valence electrons. The lowest BCUT2D eigenvalue weighted by Crippen LogP contribution is -2.47. The van der Waals surface area contributed by atoms with Crippen LogP contribution < -0.4 is 14.8 Å². The van der Waals surface area contributed by atoms with Crippen molar-refractivity contribution in [3.8, 4) is 11.5 Å². The first-order valence-corrected chi connectivity index (χ1v) is 9.79. The molecule has 31 heavy (non-hydrogen) atoms. The fourth-order valence-corrected chi connectivity index (χ4v) is 3.36. The average Bonchev–Trinajstić information content (AvgIpc) is 2.77. The SMILES string of the molecule is COc1ccccc1OCC(=O)NC1CCN(C(=O)c2ccc(C(F)(F)F)cc2)CC1. The van der Waals surface area contributed by atoms with Gasteiger partial charge in [-0.2, -0.15) is 13.2 Å². The molecule has 2 aromatic carbocycles. The number of hydrogen-bond donors (Lipinski definition) is 1. The van der Waals surface area contributed by atoms with E-state index < -0.39 is 11.7 Å². The molecule has 0 aromatic heterocycles. The third-order valence-corrected chi connectivity index (χ3v) is 5.03. The van der Waals surface area contributed by atoms with E-state index in [4.69, 9.17) is 9.47 Å². The summed E-state index contributed by atoms with van der Waals surface area (Å²) in [6.07, 6.45) is -3.34. The van der Waals surface area contributed by atoms with Crippen LogP contribution in [0.3, 0.4) is 0 Å². The first kappa shape index (κ1) is 22.5. The van der Waals surface area contributed by atoms with E-state index in [-0.39, 0.29) is 30.0 Å². The van der Waals surface area contributed by atoms with Crippen molar-refractivity contribution in [2.24, 2.45) is 0 Å². The van der Waals surface area contributed by atoms with Gasteiger partial charge in [-0.05, 0) is 49.2 Å². The van der Waals surface area contributed by atoms with Crippen LogP contribution >= 0.6 is 0 Å². The van der Waals surface area contributed by atoms with Gasteiger partial charge in [-0.15, -0.1) is 0 Å². The molecule has 6 nitrogen and oxygen atoms in total. The van der Waals surface area contributed by atoms with E-state index >= 15 is 0 Å².